The first-order valence-electron chi connectivity index (χ1n) is 6.68. The minimum absolute atomic E-state index is 0.163. The van der Waals surface area contributed by atoms with Gasteiger partial charge in [0.25, 0.3) is 5.56 Å². The number of rotatable bonds is 4. The Balaban J connectivity index is 1.92. The van der Waals surface area contributed by atoms with E-state index in [1.54, 1.807) is 24.4 Å². The van der Waals surface area contributed by atoms with Crippen molar-refractivity contribution < 1.29 is 9.53 Å². The van der Waals surface area contributed by atoms with Crippen LogP contribution >= 0.6 is 11.3 Å². The number of carbonyl (C=O) groups excluding carboxylic acids is 1. The van der Waals surface area contributed by atoms with Gasteiger partial charge in [0, 0.05) is 21.2 Å². The maximum Gasteiger partial charge on any atom is 0.254 e. The molecule has 0 aliphatic carbocycles. The molecule has 0 aliphatic rings. The number of nitrogens with two attached hydrogens (primary N) is 1. The minimum Gasteiger partial charge on any atom is -0.489 e. The smallest absolute Gasteiger partial charge is 0.254 e. The molecule has 0 bridgehead atoms. The summed E-state index contributed by atoms with van der Waals surface area (Å²) >= 11 is 1.52. The monoisotopic (exact) mass is 314 g/mol. The lowest BCUT2D eigenvalue weighted by Gasteiger charge is -2.06. The molecule has 22 heavy (non-hydrogen) atoms. The summed E-state index contributed by atoms with van der Waals surface area (Å²) in [7, 11) is 0. The van der Waals surface area contributed by atoms with Gasteiger partial charge in [0.2, 0.25) is 5.91 Å². The molecular weight excluding hydrogens is 300 g/mol. The maximum atomic E-state index is 11.6. The van der Waals surface area contributed by atoms with E-state index in [1.807, 2.05) is 19.1 Å². The van der Waals surface area contributed by atoms with E-state index in [1.165, 1.54) is 11.3 Å². The first kappa shape index (κ1) is 14.3. The molecule has 1 amide bonds. The fourth-order valence-corrected chi connectivity index (χ4v) is 3.38. The predicted molar refractivity (Wildman–Crippen MR) is 86.5 cm³/mol. The third-order valence-electron chi connectivity index (χ3n) is 3.38. The van der Waals surface area contributed by atoms with Crippen molar-refractivity contribution in [2.45, 2.75) is 13.5 Å². The van der Waals surface area contributed by atoms with E-state index in [9.17, 15) is 9.59 Å². The topological polar surface area (TPSA) is 85.2 Å². The van der Waals surface area contributed by atoms with Crippen LogP contribution in [0.2, 0.25) is 0 Å². The Morgan fingerprint density at radius 2 is 2.18 bits per heavy atom. The Kier molecular flexibility index (Phi) is 3.68. The molecule has 0 fully saturated rings. The standard InChI is InChI=1S/C16H14N2O3S/c1-9-14(15(17)19)12-7-11(4-5-13(12)22-9)21-8-10-3-2-6-18-16(10)20/h2-7H,8H2,1H3,(H2,17,19)(H,18,20). The molecule has 0 saturated carbocycles. The summed E-state index contributed by atoms with van der Waals surface area (Å²) in [5.41, 5.74) is 6.34. The number of nitrogens with one attached hydrogen (secondary N) is 1. The minimum atomic E-state index is -0.444. The van der Waals surface area contributed by atoms with Crippen LogP contribution in [0, 0.1) is 6.92 Å². The Labute approximate surface area is 130 Å². The number of amides is 1. The van der Waals surface area contributed by atoms with Crippen molar-refractivity contribution in [1.29, 1.82) is 0 Å². The highest BCUT2D eigenvalue weighted by molar-refractivity contribution is 7.19. The van der Waals surface area contributed by atoms with E-state index in [4.69, 9.17) is 10.5 Å². The van der Waals surface area contributed by atoms with Gasteiger partial charge in [-0.2, -0.15) is 0 Å². The average molecular weight is 314 g/mol. The second-order valence-electron chi connectivity index (χ2n) is 4.87. The fraction of sp³-hybridized carbons (Fsp3) is 0.125. The van der Waals surface area contributed by atoms with Crippen LogP contribution in [0.4, 0.5) is 0 Å². The van der Waals surface area contributed by atoms with Crippen LogP contribution in [0.25, 0.3) is 10.1 Å². The lowest BCUT2D eigenvalue weighted by Crippen LogP contribution is -2.13. The number of aromatic nitrogens is 1. The molecule has 0 atom stereocenters. The molecule has 3 rings (SSSR count). The summed E-state index contributed by atoms with van der Waals surface area (Å²) in [6, 6.07) is 8.96. The van der Waals surface area contributed by atoms with Gasteiger partial charge in [0.05, 0.1) is 11.1 Å². The summed E-state index contributed by atoms with van der Waals surface area (Å²) in [5.74, 6) is 0.149. The van der Waals surface area contributed by atoms with E-state index in [0.29, 0.717) is 16.9 Å². The largest absolute Gasteiger partial charge is 0.489 e. The fourth-order valence-electron chi connectivity index (χ4n) is 2.33. The van der Waals surface area contributed by atoms with Gasteiger partial charge in [0.1, 0.15) is 12.4 Å². The van der Waals surface area contributed by atoms with Gasteiger partial charge in [-0.3, -0.25) is 9.59 Å². The second-order valence-corrected chi connectivity index (χ2v) is 6.12. The number of ether oxygens (including phenoxy) is 1. The van der Waals surface area contributed by atoms with Crippen molar-refractivity contribution >= 4 is 27.3 Å². The molecule has 0 spiro atoms. The zero-order chi connectivity index (χ0) is 15.7. The van der Waals surface area contributed by atoms with Gasteiger partial charge in [-0.1, -0.05) is 0 Å². The second kappa shape index (κ2) is 5.65. The van der Waals surface area contributed by atoms with Crippen LogP contribution in [0.1, 0.15) is 20.8 Å². The highest BCUT2D eigenvalue weighted by Gasteiger charge is 2.14. The van der Waals surface area contributed by atoms with Crippen molar-refractivity contribution in [2.75, 3.05) is 0 Å². The Morgan fingerprint density at radius 1 is 1.36 bits per heavy atom. The quantitative estimate of drug-likeness (QED) is 0.776. The number of pyridine rings is 1. The van der Waals surface area contributed by atoms with E-state index in [0.717, 1.165) is 15.0 Å². The molecule has 6 heteroatoms. The Bertz CT molecular complexity index is 911. The predicted octanol–water partition coefficient (Wildman–Crippen LogP) is 2.58. The number of thiophene rings is 1. The van der Waals surface area contributed by atoms with Crippen molar-refractivity contribution in [3.63, 3.8) is 0 Å². The third-order valence-corrected chi connectivity index (χ3v) is 4.46. The number of hydrogen-bond donors (Lipinski definition) is 2. The molecule has 3 aromatic rings. The molecule has 0 unspecified atom stereocenters. The summed E-state index contributed by atoms with van der Waals surface area (Å²) in [5, 5.41) is 0.787. The van der Waals surface area contributed by atoms with Crippen LogP contribution in [-0.2, 0) is 6.61 Å². The highest BCUT2D eigenvalue weighted by atomic mass is 32.1. The molecule has 1 aromatic carbocycles. The number of primary amides is 1. The van der Waals surface area contributed by atoms with Crippen molar-refractivity contribution in [3.05, 3.63) is 62.9 Å². The summed E-state index contributed by atoms with van der Waals surface area (Å²) in [6.07, 6.45) is 1.57. The first-order valence-corrected chi connectivity index (χ1v) is 7.50. The van der Waals surface area contributed by atoms with Gasteiger partial charge in [-0.05, 0) is 37.3 Å². The van der Waals surface area contributed by atoms with E-state index < -0.39 is 5.91 Å². The molecule has 112 valence electrons. The van der Waals surface area contributed by atoms with Crippen LogP contribution in [0.15, 0.2) is 41.3 Å². The maximum absolute atomic E-state index is 11.6. The zero-order valence-electron chi connectivity index (χ0n) is 11.9. The SMILES string of the molecule is Cc1sc2ccc(OCc3ccc[nH]c3=O)cc2c1C(N)=O. The first-order chi connectivity index (χ1) is 10.6. The number of hydrogen-bond acceptors (Lipinski definition) is 4. The number of aryl methyl sites for hydroxylation is 1. The highest BCUT2D eigenvalue weighted by Crippen LogP contribution is 2.33. The van der Waals surface area contributed by atoms with Gasteiger partial charge in [0.15, 0.2) is 0 Å². The zero-order valence-corrected chi connectivity index (χ0v) is 12.7. The molecule has 2 aromatic heterocycles. The number of H-pyrrole nitrogens is 1. The molecular formula is C16H14N2O3S. The van der Waals surface area contributed by atoms with Crippen molar-refractivity contribution in [3.8, 4) is 5.75 Å². The number of fused-ring (bicyclic) bond motifs is 1. The van der Waals surface area contributed by atoms with Gasteiger partial charge >= 0.3 is 0 Å². The number of aromatic amines is 1. The molecule has 0 aliphatic heterocycles. The number of benzene rings is 1. The summed E-state index contributed by atoms with van der Waals surface area (Å²) in [4.78, 5) is 26.7. The Hall–Kier alpha value is -2.60. The van der Waals surface area contributed by atoms with Crippen LogP contribution < -0.4 is 16.0 Å². The number of carbonyl (C=O) groups is 1. The van der Waals surface area contributed by atoms with Gasteiger partial charge in [-0.25, -0.2) is 0 Å². The molecule has 0 saturated heterocycles. The molecule has 5 nitrogen and oxygen atoms in total. The van der Waals surface area contributed by atoms with Crippen LogP contribution in [-0.4, -0.2) is 10.9 Å². The van der Waals surface area contributed by atoms with Crippen LogP contribution in [0.3, 0.4) is 0 Å². The normalized spacial score (nSPS) is 10.8. The van der Waals surface area contributed by atoms with Gasteiger partial charge < -0.3 is 15.5 Å². The van der Waals surface area contributed by atoms with E-state index in [-0.39, 0.29) is 12.2 Å². The lowest BCUT2D eigenvalue weighted by atomic mass is 10.1. The lowest BCUT2D eigenvalue weighted by molar-refractivity contribution is 0.100. The third kappa shape index (κ3) is 2.60. The molecule has 2 heterocycles. The van der Waals surface area contributed by atoms with Gasteiger partial charge in [-0.15, -0.1) is 11.3 Å². The molecule has 3 N–H and O–H groups in total. The summed E-state index contributed by atoms with van der Waals surface area (Å²) < 4.78 is 6.64. The van der Waals surface area contributed by atoms with Crippen molar-refractivity contribution in [1.82, 2.24) is 4.98 Å². The summed E-state index contributed by atoms with van der Waals surface area (Å²) in [6.45, 7) is 2.03. The average Bonchev–Trinajstić information content (AvgIpc) is 2.81. The molecule has 0 radical (unpaired) electrons. The Morgan fingerprint density at radius 3 is 2.91 bits per heavy atom. The van der Waals surface area contributed by atoms with E-state index in [2.05, 4.69) is 4.98 Å². The van der Waals surface area contributed by atoms with E-state index >= 15 is 0 Å². The van der Waals surface area contributed by atoms with Crippen LogP contribution in [0.5, 0.6) is 5.75 Å². The van der Waals surface area contributed by atoms with Crippen molar-refractivity contribution in [2.24, 2.45) is 5.73 Å².